The van der Waals surface area contributed by atoms with Crippen molar-refractivity contribution in [2.24, 2.45) is 0 Å². The van der Waals surface area contributed by atoms with Crippen LogP contribution in [-0.2, 0) is 9.59 Å². The van der Waals surface area contributed by atoms with Gasteiger partial charge in [-0.05, 0) is 25.5 Å². The Labute approximate surface area is 123 Å². The number of benzene rings is 1. The number of rotatable bonds is 7. The van der Waals surface area contributed by atoms with Crippen molar-refractivity contribution in [3.8, 4) is 0 Å². The van der Waals surface area contributed by atoms with Crippen LogP contribution in [0.3, 0.4) is 0 Å². The predicted octanol–water partition coefficient (Wildman–Crippen LogP) is 1.05. The Morgan fingerprint density at radius 2 is 1.81 bits per heavy atom. The van der Waals surface area contributed by atoms with Crippen molar-refractivity contribution in [1.29, 1.82) is 0 Å². The fraction of sp³-hybridized carbons (Fsp3) is 0.400. The van der Waals surface area contributed by atoms with Gasteiger partial charge in [0.2, 0.25) is 5.91 Å². The minimum Gasteiger partial charge on any atom is -0.481 e. The molecule has 0 fully saturated rings. The molecular formula is C15H20N2O4. The summed E-state index contributed by atoms with van der Waals surface area (Å²) in [5.41, 5.74) is 1.56. The maximum Gasteiger partial charge on any atom is 0.303 e. The first kappa shape index (κ1) is 16.7. The fourth-order valence-electron chi connectivity index (χ4n) is 1.69. The standard InChI is InChI=1S/C15H20N2O4/c1-11-5-7-12(8-6-11)15(21)16-10-13(18)17(2)9-3-4-14(19)20/h5-8H,3-4,9-10H2,1-2H3,(H,16,21)(H,19,20). The Balaban J connectivity index is 2.36. The van der Waals surface area contributed by atoms with Crippen molar-refractivity contribution in [2.45, 2.75) is 19.8 Å². The summed E-state index contributed by atoms with van der Waals surface area (Å²) in [6.07, 6.45) is 0.414. The molecular weight excluding hydrogens is 272 g/mol. The highest BCUT2D eigenvalue weighted by molar-refractivity contribution is 5.96. The van der Waals surface area contributed by atoms with Gasteiger partial charge >= 0.3 is 5.97 Å². The normalized spacial score (nSPS) is 10.0. The second kappa shape index (κ2) is 8.04. The van der Waals surface area contributed by atoms with Crippen molar-refractivity contribution in [3.63, 3.8) is 0 Å². The molecule has 0 saturated heterocycles. The van der Waals surface area contributed by atoms with E-state index in [4.69, 9.17) is 5.11 Å². The van der Waals surface area contributed by atoms with Crippen LogP contribution in [0.4, 0.5) is 0 Å². The van der Waals surface area contributed by atoms with Crippen LogP contribution in [0.1, 0.15) is 28.8 Å². The fourth-order valence-corrected chi connectivity index (χ4v) is 1.69. The summed E-state index contributed by atoms with van der Waals surface area (Å²) in [5.74, 6) is -1.44. The molecule has 0 saturated carbocycles. The zero-order valence-corrected chi connectivity index (χ0v) is 12.3. The van der Waals surface area contributed by atoms with E-state index < -0.39 is 5.97 Å². The van der Waals surface area contributed by atoms with Crippen molar-refractivity contribution in [3.05, 3.63) is 35.4 Å². The number of nitrogens with zero attached hydrogens (tertiary/aromatic N) is 1. The maximum absolute atomic E-state index is 11.8. The van der Waals surface area contributed by atoms with Gasteiger partial charge in [-0.1, -0.05) is 17.7 Å². The summed E-state index contributed by atoms with van der Waals surface area (Å²) in [6.45, 7) is 2.18. The Hall–Kier alpha value is -2.37. The Kier molecular flexibility index (Phi) is 6.39. The average molecular weight is 292 g/mol. The van der Waals surface area contributed by atoms with Crippen molar-refractivity contribution < 1.29 is 19.5 Å². The number of likely N-dealkylation sites (N-methyl/N-ethyl adjacent to an activating group) is 1. The van der Waals surface area contributed by atoms with E-state index in [9.17, 15) is 14.4 Å². The minimum absolute atomic E-state index is 0.0212. The molecule has 0 spiro atoms. The third kappa shape index (κ3) is 6.07. The largest absolute Gasteiger partial charge is 0.481 e. The lowest BCUT2D eigenvalue weighted by Gasteiger charge is -2.16. The number of amides is 2. The molecule has 1 rings (SSSR count). The summed E-state index contributed by atoms with van der Waals surface area (Å²) in [7, 11) is 1.59. The quantitative estimate of drug-likeness (QED) is 0.786. The lowest BCUT2D eigenvalue weighted by atomic mass is 10.1. The molecule has 0 aliphatic carbocycles. The third-order valence-corrected chi connectivity index (χ3v) is 3.02. The molecule has 0 heterocycles. The molecule has 6 heteroatoms. The number of hydrogen-bond donors (Lipinski definition) is 2. The molecule has 0 atom stereocenters. The van der Waals surface area contributed by atoms with E-state index in [1.807, 2.05) is 19.1 Å². The van der Waals surface area contributed by atoms with Crippen LogP contribution in [0.5, 0.6) is 0 Å². The van der Waals surface area contributed by atoms with E-state index in [0.717, 1.165) is 5.56 Å². The Morgan fingerprint density at radius 3 is 2.38 bits per heavy atom. The van der Waals surface area contributed by atoms with Crippen molar-refractivity contribution in [1.82, 2.24) is 10.2 Å². The topological polar surface area (TPSA) is 86.7 Å². The lowest BCUT2D eigenvalue weighted by molar-refractivity contribution is -0.137. The number of carbonyl (C=O) groups is 3. The first-order chi connectivity index (χ1) is 9.90. The van der Waals surface area contributed by atoms with E-state index in [2.05, 4.69) is 5.32 Å². The number of nitrogens with one attached hydrogen (secondary N) is 1. The van der Waals surface area contributed by atoms with Crippen LogP contribution in [0.15, 0.2) is 24.3 Å². The first-order valence-corrected chi connectivity index (χ1v) is 6.71. The first-order valence-electron chi connectivity index (χ1n) is 6.71. The molecule has 0 aliphatic heterocycles. The van der Waals surface area contributed by atoms with Crippen LogP contribution in [-0.4, -0.2) is 47.9 Å². The number of hydrogen-bond acceptors (Lipinski definition) is 3. The van der Waals surface area contributed by atoms with E-state index >= 15 is 0 Å². The second-order valence-electron chi connectivity index (χ2n) is 4.86. The molecule has 1 aromatic carbocycles. The molecule has 21 heavy (non-hydrogen) atoms. The van der Waals surface area contributed by atoms with Gasteiger partial charge < -0.3 is 15.3 Å². The van der Waals surface area contributed by atoms with E-state index in [1.54, 1.807) is 19.2 Å². The Bertz CT molecular complexity index is 511. The molecule has 0 aliphatic rings. The van der Waals surface area contributed by atoms with E-state index in [1.165, 1.54) is 4.90 Å². The van der Waals surface area contributed by atoms with Crippen LogP contribution < -0.4 is 5.32 Å². The van der Waals surface area contributed by atoms with Crippen LogP contribution >= 0.6 is 0 Å². The van der Waals surface area contributed by atoms with Crippen LogP contribution in [0.2, 0.25) is 0 Å². The van der Waals surface area contributed by atoms with Gasteiger partial charge in [0.05, 0.1) is 6.54 Å². The monoisotopic (exact) mass is 292 g/mol. The minimum atomic E-state index is -0.886. The Morgan fingerprint density at radius 1 is 1.19 bits per heavy atom. The molecule has 0 radical (unpaired) electrons. The van der Waals surface area contributed by atoms with Gasteiger partial charge in [0.1, 0.15) is 0 Å². The van der Waals surface area contributed by atoms with Gasteiger partial charge in [0.25, 0.3) is 5.91 Å². The number of carboxylic acids is 1. The van der Waals surface area contributed by atoms with Crippen LogP contribution in [0.25, 0.3) is 0 Å². The summed E-state index contributed by atoms with van der Waals surface area (Å²) in [5, 5.41) is 11.1. The molecule has 0 unspecified atom stereocenters. The molecule has 114 valence electrons. The van der Waals surface area contributed by atoms with Crippen molar-refractivity contribution >= 4 is 17.8 Å². The predicted molar refractivity (Wildman–Crippen MR) is 78.0 cm³/mol. The second-order valence-corrected chi connectivity index (χ2v) is 4.86. The lowest BCUT2D eigenvalue weighted by Crippen LogP contribution is -2.38. The molecule has 2 N–H and O–H groups in total. The van der Waals surface area contributed by atoms with Gasteiger partial charge in [-0.15, -0.1) is 0 Å². The molecule has 1 aromatic rings. The van der Waals surface area contributed by atoms with Gasteiger partial charge in [-0.25, -0.2) is 0 Å². The molecule has 0 bridgehead atoms. The van der Waals surface area contributed by atoms with E-state index in [0.29, 0.717) is 18.5 Å². The van der Waals surface area contributed by atoms with Gasteiger partial charge in [-0.3, -0.25) is 14.4 Å². The van der Waals surface area contributed by atoms with Gasteiger partial charge in [-0.2, -0.15) is 0 Å². The molecule has 0 aromatic heterocycles. The molecule has 2 amide bonds. The number of carbonyl (C=O) groups excluding carboxylic acids is 2. The summed E-state index contributed by atoms with van der Waals surface area (Å²) >= 11 is 0. The number of aryl methyl sites for hydroxylation is 1. The zero-order chi connectivity index (χ0) is 15.8. The third-order valence-electron chi connectivity index (χ3n) is 3.02. The summed E-state index contributed by atoms with van der Waals surface area (Å²) in [4.78, 5) is 35.4. The van der Waals surface area contributed by atoms with Crippen molar-refractivity contribution in [2.75, 3.05) is 20.1 Å². The molecule has 6 nitrogen and oxygen atoms in total. The average Bonchev–Trinajstić information content (AvgIpc) is 2.44. The SMILES string of the molecule is Cc1ccc(C(=O)NCC(=O)N(C)CCCC(=O)O)cc1. The maximum atomic E-state index is 11.8. The van der Waals surface area contributed by atoms with E-state index in [-0.39, 0.29) is 24.8 Å². The van der Waals surface area contributed by atoms with Crippen LogP contribution in [0, 0.1) is 6.92 Å². The highest BCUT2D eigenvalue weighted by Gasteiger charge is 2.11. The van der Waals surface area contributed by atoms with Gasteiger partial charge in [0.15, 0.2) is 0 Å². The smallest absolute Gasteiger partial charge is 0.303 e. The number of aliphatic carboxylic acids is 1. The highest BCUT2D eigenvalue weighted by atomic mass is 16.4. The zero-order valence-electron chi connectivity index (χ0n) is 12.3. The summed E-state index contributed by atoms with van der Waals surface area (Å²) < 4.78 is 0. The summed E-state index contributed by atoms with van der Waals surface area (Å²) in [6, 6.07) is 7.06. The highest BCUT2D eigenvalue weighted by Crippen LogP contribution is 2.02. The number of carboxylic acid groups (broad SMARTS) is 1. The van der Waals surface area contributed by atoms with Gasteiger partial charge in [0, 0.05) is 25.6 Å².